The van der Waals surface area contributed by atoms with E-state index in [1.165, 1.54) is 0 Å². The normalized spacial score (nSPS) is 14.9. The highest BCUT2D eigenvalue weighted by atomic mass is 16.5. The van der Waals surface area contributed by atoms with Crippen molar-refractivity contribution in [3.63, 3.8) is 0 Å². The van der Waals surface area contributed by atoms with E-state index in [-0.39, 0.29) is 11.9 Å². The van der Waals surface area contributed by atoms with Crippen molar-refractivity contribution in [1.29, 1.82) is 0 Å². The lowest BCUT2D eigenvalue weighted by molar-refractivity contribution is -0.128. The predicted molar refractivity (Wildman–Crippen MR) is 89.1 cm³/mol. The first-order valence-corrected chi connectivity index (χ1v) is 7.99. The van der Waals surface area contributed by atoms with Crippen molar-refractivity contribution < 1.29 is 19.1 Å². The van der Waals surface area contributed by atoms with Gasteiger partial charge >= 0.3 is 6.03 Å². The summed E-state index contributed by atoms with van der Waals surface area (Å²) in [4.78, 5) is 31.4. The Bertz CT molecular complexity index is 550. The average molecular weight is 336 g/mol. The second-order valence-corrected chi connectivity index (χ2v) is 5.50. The van der Waals surface area contributed by atoms with Crippen molar-refractivity contribution in [2.45, 2.75) is 13.3 Å². The molecule has 2 heterocycles. The third-order valence-electron chi connectivity index (χ3n) is 3.75. The number of nitrogens with zero attached hydrogens (tertiary/aromatic N) is 3. The molecule has 1 aromatic heterocycles. The summed E-state index contributed by atoms with van der Waals surface area (Å²) in [6.45, 7) is 4.87. The molecule has 0 atom stereocenters. The number of rotatable bonds is 5. The Balaban J connectivity index is 1.84. The summed E-state index contributed by atoms with van der Waals surface area (Å²) >= 11 is 0. The number of pyridine rings is 1. The highest BCUT2D eigenvalue weighted by molar-refractivity contribution is 5.89. The van der Waals surface area contributed by atoms with Crippen molar-refractivity contribution in [1.82, 2.24) is 14.8 Å². The SMILES string of the molecule is COCCOc1ccc(NC(=O)N2CCCN(C(C)=O)CC2)cn1. The van der Waals surface area contributed by atoms with E-state index in [0.717, 1.165) is 6.42 Å². The molecule has 0 saturated carbocycles. The number of methoxy groups -OCH3 is 1. The molecule has 1 aliphatic heterocycles. The highest BCUT2D eigenvalue weighted by Gasteiger charge is 2.20. The van der Waals surface area contributed by atoms with Crippen LogP contribution in [-0.2, 0) is 9.53 Å². The second-order valence-electron chi connectivity index (χ2n) is 5.50. The number of amides is 3. The quantitative estimate of drug-likeness (QED) is 0.817. The number of carbonyl (C=O) groups is 2. The molecular weight excluding hydrogens is 312 g/mol. The molecule has 1 N–H and O–H groups in total. The van der Waals surface area contributed by atoms with E-state index in [1.807, 2.05) is 0 Å². The molecule has 1 saturated heterocycles. The van der Waals surface area contributed by atoms with Crippen LogP contribution in [-0.4, -0.2) is 73.2 Å². The van der Waals surface area contributed by atoms with E-state index in [0.29, 0.717) is 51.0 Å². The fourth-order valence-electron chi connectivity index (χ4n) is 2.41. The number of ether oxygens (including phenoxy) is 2. The maximum atomic E-state index is 12.3. The molecule has 8 heteroatoms. The number of carbonyl (C=O) groups excluding carboxylic acids is 2. The molecule has 0 radical (unpaired) electrons. The van der Waals surface area contributed by atoms with Gasteiger partial charge in [0.25, 0.3) is 0 Å². The van der Waals surface area contributed by atoms with E-state index in [4.69, 9.17) is 9.47 Å². The monoisotopic (exact) mass is 336 g/mol. The summed E-state index contributed by atoms with van der Waals surface area (Å²) in [6.07, 6.45) is 2.33. The van der Waals surface area contributed by atoms with Crippen LogP contribution in [0.3, 0.4) is 0 Å². The first-order chi connectivity index (χ1) is 11.6. The standard InChI is InChI=1S/C16H24N4O4/c1-13(21)19-6-3-7-20(9-8-19)16(22)18-14-4-5-15(17-12-14)24-11-10-23-2/h4-5,12H,3,6-11H2,1-2H3,(H,18,22). The third kappa shape index (κ3) is 5.38. The van der Waals surface area contributed by atoms with Crippen LogP contribution in [0.25, 0.3) is 0 Å². The fourth-order valence-corrected chi connectivity index (χ4v) is 2.41. The molecule has 0 spiro atoms. The summed E-state index contributed by atoms with van der Waals surface area (Å²) in [7, 11) is 1.61. The molecule has 3 amide bonds. The molecule has 1 aliphatic rings. The lowest BCUT2D eigenvalue weighted by Crippen LogP contribution is -2.38. The number of nitrogens with one attached hydrogen (secondary N) is 1. The lowest BCUT2D eigenvalue weighted by atomic mass is 10.4. The summed E-state index contributed by atoms with van der Waals surface area (Å²) < 4.78 is 10.3. The van der Waals surface area contributed by atoms with Crippen LogP contribution in [0.2, 0.25) is 0 Å². The van der Waals surface area contributed by atoms with E-state index >= 15 is 0 Å². The van der Waals surface area contributed by atoms with Crippen molar-refractivity contribution in [3.05, 3.63) is 18.3 Å². The highest BCUT2D eigenvalue weighted by Crippen LogP contribution is 2.13. The Morgan fingerprint density at radius 1 is 1.17 bits per heavy atom. The van der Waals surface area contributed by atoms with Gasteiger partial charge in [0.1, 0.15) is 6.61 Å². The Morgan fingerprint density at radius 3 is 2.58 bits per heavy atom. The van der Waals surface area contributed by atoms with Crippen LogP contribution < -0.4 is 10.1 Å². The summed E-state index contributed by atoms with van der Waals surface area (Å²) in [5.41, 5.74) is 0.603. The van der Waals surface area contributed by atoms with E-state index < -0.39 is 0 Å². The zero-order chi connectivity index (χ0) is 17.4. The van der Waals surface area contributed by atoms with E-state index in [9.17, 15) is 9.59 Å². The number of urea groups is 1. The molecule has 24 heavy (non-hydrogen) atoms. The smallest absolute Gasteiger partial charge is 0.321 e. The maximum absolute atomic E-state index is 12.3. The average Bonchev–Trinajstić information content (AvgIpc) is 2.83. The number of aromatic nitrogens is 1. The van der Waals surface area contributed by atoms with Crippen molar-refractivity contribution in [2.75, 3.05) is 51.8 Å². The van der Waals surface area contributed by atoms with Crippen LogP contribution in [0.4, 0.5) is 10.5 Å². The Morgan fingerprint density at radius 2 is 1.92 bits per heavy atom. The molecule has 2 rings (SSSR count). The third-order valence-corrected chi connectivity index (χ3v) is 3.75. The van der Waals surface area contributed by atoms with Gasteiger partial charge in [0.2, 0.25) is 11.8 Å². The van der Waals surface area contributed by atoms with Gasteiger partial charge in [-0.25, -0.2) is 9.78 Å². The summed E-state index contributed by atoms with van der Waals surface area (Å²) in [6, 6.07) is 3.26. The van der Waals surface area contributed by atoms with Gasteiger partial charge in [-0.3, -0.25) is 4.79 Å². The zero-order valence-corrected chi connectivity index (χ0v) is 14.2. The largest absolute Gasteiger partial charge is 0.475 e. The number of hydrogen-bond donors (Lipinski definition) is 1. The molecule has 0 aliphatic carbocycles. The number of hydrogen-bond acceptors (Lipinski definition) is 5. The Labute approximate surface area is 141 Å². The van der Waals surface area contributed by atoms with Gasteiger partial charge in [0.15, 0.2) is 0 Å². The fraction of sp³-hybridized carbons (Fsp3) is 0.562. The Kier molecular flexibility index (Phi) is 6.80. The second kappa shape index (κ2) is 9.07. The van der Waals surface area contributed by atoms with Crippen molar-refractivity contribution >= 4 is 17.6 Å². The molecular formula is C16H24N4O4. The maximum Gasteiger partial charge on any atom is 0.321 e. The van der Waals surface area contributed by atoms with Gasteiger partial charge in [0, 0.05) is 46.3 Å². The minimum atomic E-state index is -0.185. The molecule has 1 aromatic rings. The molecule has 132 valence electrons. The van der Waals surface area contributed by atoms with E-state index in [1.54, 1.807) is 42.2 Å². The molecule has 0 bridgehead atoms. The molecule has 0 unspecified atom stereocenters. The Hall–Kier alpha value is -2.35. The number of anilines is 1. The first kappa shape index (κ1) is 18.0. The van der Waals surface area contributed by atoms with Crippen LogP contribution >= 0.6 is 0 Å². The summed E-state index contributed by atoms with van der Waals surface area (Å²) in [5, 5.41) is 2.82. The lowest BCUT2D eigenvalue weighted by Gasteiger charge is -2.21. The molecule has 8 nitrogen and oxygen atoms in total. The summed E-state index contributed by atoms with van der Waals surface area (Å²) in [5.74, 6) is 0.530. The van der Waals surface area contributed by atoms with E-state index in [2.05, 4.69) is 10.3 Å². The van der Waals surface area contributed by atoms with Gasteiger partial charge in [-0.15, -0.1) is 0 Å². The van der Waals surface area contributed by atoms with Gasteiger partial charge in [0.05, 0.1) is 18.5 Å². The van der Waals surface area contributed by atoms with Gasteiger partial charge in [-0.05, 0) is 12.5 Å². The zero-order valence-electron chi connectivity index (χ0n) is 14.2. The van der Waals surface area contributed by atoms with Gasteiger partial charge in [-0.1, -0.05) is 0 Å². The topological polar surface area (TPSA) is 84.0 Å². The molecule has 1 fully saturated rings. The van der Waals surface area contributed by atoms with Crippen molar-refractivity contribution in [2.24, 2.45) is 0 Å². The minimum Gasteiger partial charge on any atom is -0.475 e. The van der Waals surface area contributed by atoms with Crippen LogP contribution in [0, 0.1) is 0 Å². The van der Waals surface area contributed by atoms with Crippen molar-refractivity contribution in [3.8, 4) is 5.88 Å². The molecule has 0 aromatic carbocycles. The predicted octanol–water partition coefficient (Wildman–Crippen LogP) is 1.19. The minimum absolute atomic E-state index is 0.0468. The van der Waals surface area contributed by atoms with Crippen LogP contribution in [0.15, 0.2) is 18.3 Å². The van der Waals surface area contributed by atoms with Gasteiger partial charge in [-0.2, -0.15) is 0 Å². The van der Waals surface area contributed by atoms with Crippen LogP contribution in [0.5, 0.6) is 5.88 Å². The van der Waals surface area contributed by atoms with Gasteiger partial charge < -0.3 is 24.6 Å². The van der Waals surface area contributed by atoms with Crippen LogP contribution in [0.1, 0.15) is 13.3 Å². The first-order valence-electron chi connectivity index (χ1n) is 7.99.